The molecular weight excluding hydrogens is 241 g/mol. The summed E-state index contributed by atoms with van der Waals surface area (Å²) in [6, 6.07) is 0. The zero-order valence-corrected chi connectivity index (χ0v) is 4.92. The molecule has 2 radical (unpaired) electrons. The summed E-state index contributed by atoms with van der Waals surface area (Å²) in [7, 11) is 0. The van der Waals surface area contributed by atoms with Crippen LogP contribution in [0.1, 0.15) is 2.85 Å². The first-order chi connectivity index (χ1) is 0. The van der Waals surface area contributed by atoms with Crippen molar-refractivity contribution >= 4 is 53.8 Å². The molecule has 0 aromatic heterocycles. The standard InChI is InChI=1S/Cu.Ga.Mg.Mn.H4Si.5H/h;;;;1H4;;;;;/q;;+2;;;;;;2*-1. The minimum absolute atomic E-state index is 0. The Hall–Kier alpha value is 2.66. The second-order valence-corrected chi connectivity index (χ2v) is 0. The first-order valence-electron chi connectivity index (χ1n) is 0. The Kier molecular flexibility index (Phi) is 290. The Balaban J connectivity index is 0. The van der Waals surface area contributed by atoms with Crippen LogP contribution in [0.25, 0.3) is 0 Å². The van der Waals surface area contributed by atoms with E-state index in [1.165, 1.54) is 0 Å². The van der Waals surface area contributed by atoms with Gasteiger partial charge in [-0.05, 0) is 11.0 Å². The SMILES string of the molecule is [Cu].[GaH3].[H-].[H-].[Mg+2].[Mn].[SiH4]. The van der Waals surface area contributed by atoms with Gasteiger partial charge >= 0.3 is 42.8 Å². The topological polar surface area (TPSA) is 0 Å². The largest absolute Gasteiger partial charge is 2.00 e. The van der Waals surface area contributed by atoms with Gasteiger partial charge in [0.25, 0.3) is 0 Å². The van der Waals surface area contributed by atoms with E-state index < -0.39 is 0 Å². The van der Waals surface area contributed by atoms with Crippen LogP contribution in [-0.4, -0.2) is 53.8 Å². The summed E-state index contributed by atoms with van der Waals surface area (Å²) in [6.07, 6.45) is 0. The molecule has 0 aliphatic rings. The first-order valence-corrected chi connectivity index (χ1v) is 0. The van der Waals surface area contributed by atoms with Crippen molar-refractivity contribution in [3.05, 3.63) is 0 Å². The molecule has 0 aromatic carbocycles. The normalized spacial score (nSPS) is 0. The molecule has 0 N–H and O–H groups in total. The summed E-state index contributed by atoms with van der Waals surface area (Å²) in [5, 5.41) is 0. The van der Waals surface area contributed by atoms with E-state index in [2.05, 4.69) is 0 Å². The summed E-state index contributed by atoms with van der Waals surface area (Å²) in [4.78, 5) is 0. The maximum atomic E-state index is 0. The van der Waals surface area contributed by atoms with E-state index in [-0.39, 0.29) is 90.8 Å². The Morgan fingerprint density at radius 2 is 1.20 bits per heavy atom. The third kappa shape index (κ3) is 20.4. The van der Waals surface area contributed by atoms with Gasteiger partial charge in [0, 0.05) is 34.1 Å². The van der Waals surface area contributed by atoms with Crippen LogP contribution in [0.3, 0.4) is 0 Å². The van der Waals surface area contributed by atoms with E-state index in [4.69, 9.17) is 0 Å². The van der Waals surface area contributed by atoms with Crippen molar-refractivity contribution in [1.82, 2.24) is 0 Å². The summed E-state index contributed by atoms with van der Waals surface area (Å²) in [5.41, 5.74) is 0. The van der Waals surface area contributed by atoms with Crippen LogP contribution < -0.4 is 0 Å². The Morgan fingerprint density at radius 1 is 1.20 bits per heavy atom. The van der Waals surface area contributed by atoms with Gasteiger partial charge in [-0.2, -0.15) is 0 Å². The Morgan fingerprint density at radius 3 is 1.20 bits per heavy atom. The molecule has 0 rings (SSSR count). The summed E-state index contributed by atoms with van der Waals surface area (Å²) >= 11 is 0. The maximum absolute atomic E-state index is 0. The Labute approximate surface area is 89.8 Å². The van der Waals surface area contributed by atoms with Crippen molar-refractivity contribution in [3.8, 4) is 0 Å². The van der Waals surface area contributed by atoms with Crippen molar-refractivity contribution in [1.29, 1.82) is 0 Å². The zero-order chi connectivity index (χ0) is 0. The van der Waals surface area contributed by atoms with Gasteiger partial charge in [0.1, 0.15) is 0 Å². The molecule has 0 fully saturated rings. The predicted molar refractivity (Wildman–Crippen MR) is 29.3 cm³/mol. The summed E-state index contributed by atoms with van der Waals surface area (Å²) in [6.45, 7) is 0. The second-order valence-electron chi connectivity index (χ2n) is 0. The van der Waals surface area contributed by atoms with Crippen LogP contribution >= 0.6 is 0 Å². The van der Waals surface area contributed by atoms with E-state index in [1.54, 1.807) is 0 Å². The fraction of sp³-hybridized carbons (Fsp3) is 0. The molecule has 0 aliphatic carbocycles. The van der Waals surface area contributed by atoms with Crippen LogP contribution in [0.5, 0.6) is 0 Å². The van der Waals surface area contributed by atoms with Gasteiger partial charge in [0.05, 0.1) is 0 Å². The van der Waals surface area contributed by atoms with E-state index in [0.29, 0.717) is 0 Å². The van der Waals surface area contributed by atoms with Gasteiger partial charge in [-0.15, -0.1) is 0 Å². The van der Waals surface area contributed by atoms with Crippen molar-refractivity contribution < 1.29 is 37.0 Å². The third-order valence-corrected chi connectivity index (χ3v) is 0. The molecule has 36 valence electrons. The number of hydrogen-bond donors (Lipinski definition) is 0. The van der Waals surface area contributed by atoms with Crippen molar-refractivity contribution in [2.75, 3.05) is 0 Å². The van der Waals surface area contributed by atoms with Gasteiger partial charge < -0.3 is 2.85 Å². The van der Waals surface area contributed by atoms with Gasteiger partial charge in [-0.3, -0.25) is 0 Å². The first kappa shape index (κ1) is 48.0. The van der Waals surface area contributed by atoms with Gasteiger partial charge in [-0.1, -0.05) is 0 Å². The van der Waals surface area contributed by atoms with Crippen LogP contribution in [-0.2, 0) is 34.1 Å². The molecule has 5 heteroatoms. The third-order valence-electron chi connectivity index (χ3n) is 0. The van der Waals surface area contributed by atoms with E-state index >= 15 is 0 Å². The molecule has 0 amide bonds. The minimum atomic E-state index is 0. The Bertz CT molecular complexity index is 17.7. The van der Waals surface area contributed by atoms with Crippen molar-refractivity contribution in [2.45, 2.75) is 0 Å². The predicted octanol–water partition coefficient (Wildman–Crippen LogP) is -2.80. The molecular formula is H9CuGaMgMnSi. The fourth-order valence-corrected chi connectivity index (χ4v) is 0. The van der Waals surface area contributed by atoms with E-state index in [1.807, 2.05) is 0 Å². The van der Waals surface area contributed by atoms with E-state index in [9.17, 15) is 0 Å². The zero-order valence-electron chi connectivity index (χ0n) is 3.39. The molecule has 0 saturated heterocycles. The fourth-order valence-electron chi connectivity index (χ4n) is 0. The molecule has 0 saturated carbocycles. The van der Waals surface area contributed by atoms with Crippen molar-refractivity contribution in [3.63, 3.8) is 0 Å². The monoisotopic (exact) mass is 248 g/mol. The number of hydrogen-bond acceptors (Lipinski definition) is 0. The molecule has 0 aromatic rings. The van der Waals surface area contributed by atoms with Crippen molar-refractivity contribution in [2.24, 2.45) is 0 Å². The minimum Gasteiger partial charge on any atom is -1.00 e. The molecule has 0 unspecified atom stereocenters. The van der Waals surface area contributed by atoms with E-state index in [0.717, 1.165) is 0 Å². The summed E-state index contributed by atoms with van der Waals surface area (Å²) in [5.74, 6) is 0. The van der Waals surface area contributed by atoms with Gasteiger partial charge in [0.15, 0.2) is 0 Å². The molecule has 0 aliphatic heterocycles. The number of rotatable bonds is 0. The van der Waals surface area contributed by atoms with Crippen LogP contribution in [0.2, 0.25) is 0 Å². The second kappa shape index (κ2) is 30.2. The molecule has 0 spiro atoms. The molecule has 5 heavy (non-hydrogen) atoms. The van der Waals surface area contributed by atoms with Gasteiger partial charge in [-0.25, -0.2) is 0 Å². The molecule has 0 atom stereocenters. The smallest absolute Gasteiger partial charge is 1.00 e. The van der Waals surface area contributed by atoms with Crippen LogP contribution in [0.15, 0.2) is 0 Å². The molecule has 0 nitrogen and oxygen atoms in total. The molecule has 0 bridgehead atoms. The van der Waals surface area contributed by atoms with Crippen LogP contribution in [0.4, 0.5) is 0 Å². The quantitative estimate of drug-likeness (QED) is 0.407. The molecule has 0 heterocycles. The van der Waals surface area contributed by atoms with Gasteiger partial charge in [0.2, 0.25) is 0 Å². The summed E-state index contributed by atoms with van der Waals surface area (Å²) < 4.78 is 0. The average molecular weight is 250 g/mol. The maximum Gasteiger partial charge on any atom is 2.00 e. The van der Waals surface area contributed by atoms with Crippen LogP contribution in [0, 0.1) is 0 Å². The average Bonchev–Trinajstić information content (AvgIpc) is 0.